The average molecular weight is 514 g/mol. The second-order valence-corrected chi connectivity index (χ2v) is 14.6. The summed E-state index contributed by atoms with van der Waals surface area (Å²) in [6, 6.07) is 0.809. The molecule has 5 nitrogen and oxygen atoms in total. The molecule has 0 amide bonds. The van der Waals surface area contributed by atoms with E-state index in [-0.39, 0.29) is 16.7 Å². The number of rotatable bonds is 8. The van der Waals surface area contributed by atoms with Gasteiger partial charge in [0.25, 0.3) is 0 Å². The van der Waals surface area contributed by atoms with E-state index in [0.717, 1.165) is 16.4 Å². The van der Waals surface area contributed by atoms with Crippen LogP contribution in [0.25, 0.3) is 0 Å². The van der Waals surface area contributed by atoms with E-state index in [1.807, 2.05) is 7.11 Å². The lowest BCUT2D eigenvalue weighted by molar-refractivity contribution is -0.897. The van der Waals surface area contributed by atoms with Gasteiger partial charge in [-0.15, -0.1) is 0 Å². The normalized spacial score (nSPS) is 20.3. The number of quaternary nitrogens is 1. The van der Waals surface area contributed by atoms with Gasteiger partial charge in [0.1, 0.15) is 0 Å². The van der Waals surface area contributed by atoms with E-state index in [1.54, 1.807) is 0 Å². The van der Waals surface area contributed by atoms with Crippen LogP contribution in [0.1, 0.15) is 108 Å². The molecule has 36 heavy (non-hydrogen) atoms. The predicted molar refractivity (Wildman–Crippen MR) is 161 cm³/mol. The first-order valence-corrected chi connectivity index (χ1v) is 14.8. The van der Waals surface area contributed by atoms with E-state index in [1.165, 1.54) is 71.8 Å². The van der Waals surface area contributed by atoms with Crippen LogP contribution in [0.2, 0.25) is 0 Å². The monoisotopic (exact) mass is 514 g/mol. The lowest BCUT2D eigenvalue weighted by Crippen LogP contribution is -2.61. The molecule has 0 aromatic heterocycles. The van der Waals surface area contributed by atoms with E-state index < -0.39 is 0 Å². The Morgan fingerprint density at radius 2 is 1.14 bits per heavy atom. The van der Waals surface area contributed by atoms with Crippen molar-refractivity contribution in [1.29, 1.82) is 0 Å². The molecule has 2 fully saturated rings. The Hall–Kier alpha value is -0.200. The maximum atomic E-state index is 5.86. The van der Waals surface area contributed by atoms with Crippen LogP contribution in [0.4, 0.5) is 0 Å². The Labute approximate surface area is 228 Å². The Balaban J connectivity index is 0.00000227. The van der Waals surface area contributed by atoms with Crippen LogP contribution in [0.3, 0.4) is 0 Å². The summed E-state index contributed by atoms with van der Waals surface area (Å²) >= 11 is 0. The van der Waals surface area contributed by atoms with Gasteiger partial charge in [0.2, 0.25) is 0 Å². The molecule has 5 heteroatoms. The third-order valence-electron chi connectivity index (χ3n) is 9.68. The van der Waals surface area contributed by atoms with Crippen LogP contribution in [0.5, 0.6) is 0 Å². The highest BCUT2D eigenvalue weighted by molar-refractivity contribution is 5.00. The predicted octanol–water partition coefficient (Wildman–Crippen LogP) is 6.26. The molecule has 0 atom stereocenters. The molecule has 0 aromatic rings. The van der Waals surface area contributed by atoms with Crippen molar-refractivity contribution in [2.24, 2.45) is 17.1 Å². The van der Waals surface area contributed by atoms with E-state index in [2.05, 4.69) is 106 Å². The number of nitrogens with two attached hydrogens (primary N) is 1. The Bertz CT molecular complexity index is 590. The van der Waals surface area contributed by atoms with E-state index in [4.69, 9.17) is 4.74 Å². The van der Waals surface area contributed by atoms with Gasteiger partial charge in [0.15, 0.2) is 0 Å². The summed E-state index contributed by atoms with van der Waals surface area (Å²) < 4.78 is 6.97. The summed E-state index contributed by atoms with van der Waals surface area (Å²) in [5, 5.41) is 0. The lowest BCUT2D eigenvalue weighted by Gasteiger charge is -2.53. The summed E-state index contributed by atoms with van der Waals surface area (Å²) in [7, 11) is 10.4. The van der Waals surface area contributed by atoms with Crippen molar-refractivity contribution < 1.29 is 9.22 Å². The minimum Gasteiger partial charge on any atom is -0.377 e. The van der Waals surface area contributed by atoms with Gasteiger partial charge < -0.3 is 15.0 Å². The topological polar surface area (TPSA) is 41.7 Å². The highest BCUT2D eigenvalue weighted by Gasteiger charge is 2.46. The molecule has 2 aliphatic rings. The summed E-state index contributed by atoms with van der Waals surface area (Å²) in [6.07, 6.45) is 7.80. The largest absolute Gasteiger partial charge is 0.377 e. The quantitative estimate of drug-likeness (QED) is 0.389. The van der Waals surface area contributed by atoms with Gasteiger partial charge in [-0.05, 0) is 92.3 Å². The van der Waals surface area contributed by atoms with Crippen LogP contribution in [0, 0.1) is 11.3 Å². The second kappa shape index (κ2) is 14.3. The van der Waals surface area contributed by atoms with Gasteiger partial charge in [-0.1, -0.05) is 34.1 Å². The van der Waals surface area contributed by atoms with Crippen molar-refractivity contribution in [3.05, 3.63) is 0 Å². The molecule has 0 spiro atoms. The summed E-state index contributed by atoms with van der Waals surface area (Å²) in [5.41, 5.74) is 5.04. The van der Waals surface area contributed by atoms with Gasteiger partial charge >= 0.3 is 0 Å². The third kappa shape index (κ3) is 9.52. The summed E-state index contributed by atoms with van der Waals surface area (Å²) in [6.45, 7) is 28.4. The zero-order valence-corrected chi connectivity index (χ0v) is 27.6. The zero-order valence-electron chi connectivity index (χ0n) is 27.6. The zero-order chi connectivity index (χ0) is 28.6. The molecule has 0 aliphatic carbocycles. The molecule has 0 bridgehead atoms. The van der Waals surface area contributed by atoms with Crippen LogP contribution in [0.15, 0.2) is 0 Å². The van der Waals surface area contributed by atoms with Crippen molar-refractivity contribution in [2.75, 3.05) is 61.5 Å². The SMILES string of the molecule is CCC.CN.COC(C)(C)C(C)(C)N1CCC(C(C)(C)CC(C)(C)N2CCC([N+](C)(C)C)CC2)CC1. The smallest absolute Gasteiger partial charge is 0.0908 e. The standard InChI is InChI=1S/C27H56N3O.C3H8.CH5N/c1-24(2,21-25(3,4)28-19-15-23(16-20-28)30(9,10)11)22-13-17-29(18-14-22)26(5,6)27(7,8)31-12;1-3-2;1-2/h22-23H,13-21H2,1-12H3;3H2,1-2H3;2H2,1H3/q+1;;. The highest BCUT2D eigenvalue weighted by atomic mass is 16.5. The number of piperidine rings is 2. The van der Waals surface area contributed by atoms with Crippen LogP contribution < -0.4 is 5.73 Å². The fourth-order valence-electron chi connectivity index (χ4n) is 6.47. The fraction of sp³-hybridized carbons (Fsp3) is 1.00. The van der Waals surface area contributed by atoms with Gasteiger partial charge in [-0.25, -0.2) is 0 Å². The molecule has 2 aliphatic heterocycles. The molecular formula is C31H69N4O+. The van der Waals surface area contributed by atoms with Gasteiger partial charge in [-0.3, -0.25) is 9.80 Å². The third-order valence-corrected chi connectivity index (χ3v) is 9.68. The molecular weight excluding hydrogens is 444 g/mol. The fourth-order valence-corrected chi connectivity index (χ4v) is 6.47. The van der Waals surface area contributed by atoms with E-state index >= 15 is 0 Å². The molecule has 2 N–H and O–H groups in total. The maximum Gasteiger partial charge on any atom is 0.0908 e. The average Bonchev–Trinajstić information content (AvgIpc) is 2.79. The first-order chi connectivity index (χ1) is 16.4. The molecule has 2 heterocycles. The maximum absolute atomic E-state index is 5.86. The number of methoxy groups -OCH3 is 1. The van der Waals surface area contributed by atoms with Crippen LogP contribution in [-0.4, -0.2) is 98.5 Å². The van der Waals surface area contributed by atoms with Crippen molar-refractivity contribution >= 4 is 0 Å². The number of hydrogen-bond donors (Lipinski definition) is 1. The van der Waals surface area contributed by atoms with Crippen LogP contribution in [-0.2, 0) is 4.74 Å². The molecule has 0 aromatic carbocycles. The number of hydrogen-bond acceptors (Lipinski definition) is 4. The van der Waals surface area contributed by atoms with E-state index in [0.29, 0.717) is 5.41 Å². The second-order valence-electron chi connectivity index (χ2n) is 14.6. The molecule has 0 unspecified atom stereocenters. The highest BCUT2D eigenvalue weighted by Crippen LogP contribution is 2.44. The molecule has 0 saturated carbocycles. The molecule has 0 radical (unpaired) electrons. The van der Waals surface area contributed by atoms with Crippen molar-refractivity contribution in [3.8, 4) is 0 Å². The number of likely N-dealkylation sites (tertiary alicyclic amines) is 2. The lowest BCUT2D eigenvalue weighted by atomic mass is 9.66. The minimum absolute atomic E-state index is 0.0477. The Kier molecular flexibility index (Phi) is 14.2. The Morgan fingerprint density at radius 3 is 1.50 bits per heavy atom. The first kappa shape index (κ1) is 35.8. The number of nitrogens with zero attached hydrogens (tertiary/aromatic N) is 3. The summed E-state index contributed by atoms with van der Waals surface area (Å²) in [4.78, 5) is 5.46. The molecule has 2 rings (SSSR count). The molecule has 218 valence electrons. The van der Waals surface area contributed by atoms with Crippen molar-refractivity contribution in [1.82, 2.24) is 9.80 Å². The molecule has 2 saturated heterocycles. The first-order valence-electron chi connectivity index (χ1n) is 14.8. The van der Waals surface area contributed by atoms with Gasteiger partial charge in [-0.2, -0.15) is 0 Å². The van der Waals surface area contributed by atoms with Crippen molar-refractivity contribution in [2.45, 2.75) is 130 Å². The Morgan fingerprint density at radius 1 is 0.750 bits per heavy atom. The summed E-state index contributed by atoms with van der Waals surface area (Å²) in [5.74, 6) is 0.799. The number of ether oxygens (including phenoxy) is 1. The van der Waals surface area contributed by atoms with E-state index in [9.17, 15) is 0 Å². The van der Waals surface area contributed by atoms with Crippen LogP contribution >= 0.6 is 0 Å². The van der Waals surface area contributed by atoms with Gasteiger partial charge in [0.05, 0.1) is 32.8 Å². The minimum atomic E-state index is -0.144. The van der Waals surface area contributed by atoms with Crippen molar-refractivity contribution in [3.63, 3.8) is 0 Å². The van der Waals surface area contributed by atoms with Gasteiger partial charge in [0, 0.05) is 44.1 Å².